The summed E-state index contributed by atoms with van der Waals surface area (Å²) in [6.07, 6.45) is 9.89. The normalized spacial score (nSPS) is 47.6. The Kier molecular flexibility index (Phi) is 2.87. The minimum absolute atomic E-state index is 0.0636. The number of rotatable bonds is 0. The highest BCUT2D eigenvalue weighted by molar-refractivity contribution is 6.04. The summed E-state index contributed by atoms with van der Waals surface area (Å²) in [5.74, 6) is 0.811. The second-order valence-electron chi connectivity index (χ2n) is 8.43. The molecule has 0 radical (unpaired) electrons. The van der Waals surface area contributed by atoms with Gasteiger partial charge in [-0.2, -0.15) is 0 Å². The largest absolute Gasteiger partial charge is 0.507 e. The fourth-order valence-corrected chi connectivity index (χ4v) is 6.36. The molecule has 120 valence electrons. The molecule has 0 spiro atoms. The molecule has 2 N–H and O–H groups in total. The van der Waals surface area contributed by atoms with Gasteiger partial charge in [0.05, 0.1) is 5.41 Å². The van der Waals surface area contributed by atoms with E-state index < -0.39 is 17.0 Å². The zero-order valence-electron chi connectivity index (χ0n) is 13.6. The molecule has 3 nitrogen and oxygen atoms in total. The molecule has 4 aliphatic carbocycles. The first-order chi connectivity index (χ1) is 10.4. The van der Waals surface area contributed by atoms with Crippen LogP contribution in [0.3, 0.4) is 0 Å². The van der Waals surface area contributed by atoms with Crippen LogP contribution in [0.4, 0.5) is 0 Å². The number of fused-ring (bicyclic) bond motifs is 5. The Morgan fingerprint density at radius 3 is 2.64 bits per heavy atom. The van der Waals surface area contributed by atoms with E-state index in [4.69, 9.17) is 0 Å². The smallest absolute Gasteiger partial charge is 0.223 e. The molecule has 3 fully saturated rings. The predicted octanol–water partition coefficient (Wildman–Crippen LogP) is 4.46. The first-order valence-corrected chi connectivity index (χ1v) is 8.76. The van der Waals surface area contributed by atoms with Crippen molar-refractivity contribution in [2.75, 3.05) is 0 Å². The minimum atomic E-state index is -0.523. The summed E-state index contributed by atoms with van der Waals surface area (Å²) >= 11 is 0. The van der Waals surface area contributed by atoms with Gasteiger partial charge < -0.3 is 10.2 Å². The summed E-state index contributed by atoms with van der Waals surface area (Å²) in [7, 11) is 0. The van der Waals surface area contributed by atoms with Crippen LogP contribution in [-0.2, 0) is 4.79 Å². The fourth-order valence-electron chi connectivity index (χ4n) is 6.36. The van der Waals surface area contributed by atoms with Gasteiger partial charge in [0.2, 0.25) is 11.5 Å². The second-order valence-corrected chi connectivity index (χ2v) is 8.43. The van der Waals surface area contributed by atoms with Crippen LogP contribution >= 0.6 is 0 Å². The van der Waals surface area contributed by atoms with Crippen LogP contribution in [0.25, 0.3) is 0 Å². The zero-order valence-corrected chi connectivity index (χ0v) is 13.6. The highest BCUT2D eigenvalue weighted by Gasteiger charge is 2.58. The van der Waals surface area contributed by atoms with Crippen molar-refractivity contribution in [3.8, 4) is 0 Å². The lowest BCUT2D eigenvalue weighted by Gasteiger charge is -2.56. The third kappa shape index (κ3) is 1.60. The van der Waals surface area contributed by atoms with Gasteiger partial charge in [0.25, 0.3) is 0 Å². The van der Waals surface area contributed by atoms with Crippen LogP contribution in [0.15, 0.2) is 23.2 Å². The zero-order chi connectivity index (χ0) is 15.7. The molecule has 0 aliphatic heterocycles. The lowest BCUT2D eigenvalue weighted by atomic mass is 9.48. The van der Waals surface area contributed by atoms with Gasteiger partial charge in [-0.1, -0.05) is 18.9 Å². The summed E-state index contributed by atoms with van der Waals surface area (Å²) < 4.78 is 0. The Bertz CT molecular complexity index is 602. The Hall–Kier alpha value is -1.25. The minimum Gasteiger partial charge on any atom is -0.507 e. The molecule has 5 atom stereocenters. The van der Waals surface area contributed by atoms with Gasteiger partial charge in [-0.3, -0.25) is 4.79 Å². The number of aliphatic hydroxyl groups excluding tert-OH is 2. The van der Waals surface area contributed by atoms with Crippen molar-refractivity contribution in [3.05, 3.63) is 23.2 Å². The van der Waals surface area contributed by atoms with Crippen molar-refractivity contribution in [3.63, 3.8) is 0 Å². The van der Waals surface area contributed by atoms with Crippen molar-refractivity contribution < 1.29 is 15.0 Å². The van der Waals surface area contributed by atoms with E-state index in [0.717, 1.165) is 30.8 Å². The third-order valence-electron chi connectivity index (χ3n) is 7.63. The van der Waals surface area contributed by atoms with Gasteiger partial charge in [-0.25, -0.2) is 0 Å². The summed E-state index contributed by atoms with van der Waals surface area (Å²) in [4.78, 5) is 11.9. The topological polar surface area (TPSA) is 57.5 Å². The molecule has 4 aliphatic rings. The molecule has 3 heteroatoms. The van der Waals surface area contributed by atoms with Crippen LogP contribution in [0, 0.1) is 28.6 Å². The van der Waals surface area contributed by atoms with Crippen LogP contribution in [0.1, 0.15) is 58.8 Å². The van der Waals surface area contributed by atoms with E-state index in [1.807, 2.05) is 6.92 Å². The SMILES string of the molecule is C[C@@]12CCC[C@H]1[C@@H]1CCC3=CC(=O)C(O)=C(O)[C@]3(C)[C@H]1CC2. The van der Waals surface area contributed by atoms with E-state index in [9.17, 15) is 15.0 Å². The first kappa shape index (κ1) is 14.3. The Balaban J connectivity index is 1.77. The predicted molar refractivity (Wildman–Crippen MR) is 84.4 cm³/mol. The number of carbonyl (C=O) groups excluding carboxylic acids is 1. The molecule has 0 amide bonds. The van der Waals surface area contributed by atoms with Gasteiger partial charge in [-0.05, 0) is 74.7 Å². The average molecular weight is 302 g/mol. The molecule has 0 bridgehead atoms. The highest BCUT2D eigenvalue weighted by Crippen LogP contribution is 2.65. The maximum atomic E-state index is 11.9. The number of ketones is 1. The molecule has 0 unspecified atom stereocenters. The lowest BCUT2D eigenvalue weighted by Crippen LogP contribution is -2.50. The van der Waals surface area contributed by atoms with Gasteiger partial charge >= 0.3 is 0 Å². The fraction of sp³-hybridized carbons (Fsp3) is 0.737. The molecule has 0 saturated heterocycles. The van der Waals surface area contributed by atoms with E-state index in [1.165, 1.54) is 25.7 Å². The van der Waals surface area contributed by atoms with E-state index >= 15 is 0 Å². The number of hydrogen-bond acceptors (Lipinski definition) is 3. The summed E-state index contributed by atoms with van der Waals surface area (Å²) in [5.41, 5.74) is 0.991. The van der Waals surface area contributed by atoms with E-state index in [1.54, 1.807) is 6.08 Å². The Morgan fingerprint density at radius 1 is 1.09 bits per heavy atom. The molecule has 22 heavy (non-hydrogen) atoms. The molecular formula is C19H26O3. The summed E-state index contributed by atoms with van der Waals surface area (Å²) in [6.45, 7) is 4.50. The summed E-state index contributed by atoms with van der Waals surface area (Å²) in [5, 5.41) is 20.6. The number of aliphatic hydroxyl groups is 2. The molecule has 0 heterocycles. The molecule has 0 aromatic rings. The van der Waals surface area contributed by atoms with Gasteiger partial charge in [0.15, 0.2) is 0 Å². The Labute approximate surface area is 132 Å². The van der Waals surface area contributed by atoms with Crippen LogP contribution < -0.4 is 0 Å². The van der Waals surface area contributed by atoms with Crippen LogP contribution in [-0.4, -0.2) is 16.0 Å². The summed E-state index contributed by atoms with van der Waals surface area (Å²) in [6, 6.07) is 0. The Morgan fingerprint density at radius 2 is 1.86 bits per heavy atom. The molecular weight excluding hydrogens is 276 g/mol. The van der Waals surface area contributed by atoms with Crippen molar-refractivity contribution in [2.24, 2.45) is 28.6 Å². The van der Waals surface area contributed by atoms with E-state index in [-0.39, 0.29) is 5.76 Å². The maximum absolute atomic E-state index is 11.9. The molecule has 4 rings (SSSR count). The maximum Gasteiger partial charge on any atom is 0.223 e. The quantitative estimate of drug-likeness (QED) is 0.694. The van der Waals surface area contributed by atoms with E-state index in [0.29, 0.717) is 17.3 Å². The molecule has 0 aromatic heterocycles. The standard InChI is InChI=1S/C19H26O3/c1-18-8-3-4-13(18)12-6-5-11-10-15(20)16(21)17(22)19(11,2)14(12)7-9-18/h10,12-14,21-22H,3-9H2,1-2H3/t12-,13-,14-,18-,19-/m0/s1. The van der Waals surface area contributed by atoms with Crippen molar-refractivity contribution in [1.29, 1.82) is 0 Å². The van der Waals surface area contributed by atoms with Gasteiger partial charge in [-0.15, -0.1) is 0 Å². The second kappa shape index (κ2) is 4.39. The molecule has 0 aromatic carbocycles. The highest BCUT2D eigenvalue weighted by atomic mass is 16.3. The van der Waals surface area contributed by atoms with Crippen molar-refractivity contribution in [2.45, 2.75) is 58.8 Å². The number of allylic oxidation sites excluding steroid dienone is 2. The number of carbonyl (C=O) groups is 1. The van der Waals surface area contributed by atoms with Crippen LogP contribution in [0.5, 0.6) is 0 Å². The average Bonchev–Trinajstić information content (AvgIpc) is 2.89. The van der Waals surface area contributed by atoms with Crippen molar-refractivity contribution in [1.82, 2.24) is 0 Å². The van der Waals surface area contributed by atoms with E-state index in [2.05, 4.69) is 6.92 Å². The van der Waals surface area contributed by atoms with Gasteiger partial charge in [0.1, 0.15) is 5.76 Å². The van der Waals surface area contributed by atoms with Crippen molar-refractivity contribution >= 4 is 5.78 Å². The lowest BCUT2D eigenvalue weighted by molar-refractivity contribution is -0.115. The van der Waals surface area contributed by atoms with Crippen LogP contribution in [0.2, 0.25) is 0 Å². The molecule has 3 saturated carbocycles. The first-order valence-electron chi connectivity index (χ1n) is 8.76. The number of hydrogen-bond donors (Lipinski definition) is 2. The van der Waals surface area contributed by atoms with Gasteiger partial charge in [0, 0.05) is 0 Å². The third-order valence-corrected chi connectivity index (χ3v) is 7.63. The monoisotopic (exact) mass is 302 g/mol.